The Morgan fingerprint density at radius 3 is 2.28 bits per heavy atom. The molecule has 0 fully saturated rings. The van der Waals surface area contributed by atoms with Gasteiger partial charge in [-0.1, -0.05) is 56.3 Å². The van der Waals surface area contributed by atoms with Crippen LogP contribution in [-0.2, 0) is 5.41 Å². The molecular weight excluding hydrogens is 218 g/mol. The van der Waals surface area contributed by atoms with Crippen LogP contribution in [0.2, 0.25) is 0 Å². The molecule has 0 atom stereocenters. The summed E-state index contributed by atoms with van der Waals surface area (Å²) in [5, 5.41) is 0. The molecule has 90 valence electrons. The van der Waals surface area contributed by atoms with Crippen LogP contribution >= 0.6 is 0 Å². The van der Waals surface area contributed by atoms with Crippen LogP contribution in [-0.4, -0.2) is 0 Å². The molecule has 0 radical (unpaired) electrons. The second kappa shape index (κ2) is 4.02. The van der Waals surface area contributed by atoms with Gasteiger partial charge in [-0.3, -0.25) is 0 Å². The first kappa shape index (κ1) is 11.1. The molecule has 0 saturated heterocycles. The number of rotatable bonds is 1. The van der Waals surface area contributed by atoms with E-state index in [0.29, 0.717) is 0 Å². The molecule has 1 aliphatic rings. The minimum atomic E-state index is 0.0991. The third-order valence-electron chi connectivity index (χ3n) is 3.53. The van der Waals surface area contributed by atoms with Crippen LogP contribution < -0.4 is 4.90 Å². The molecule has 3 rings (SSSR count). The van der Waals surface area contributed by atoms with Crippen LogP contribution in [0.5, 0.6) is 0 Å². The van der Waals surface area contributed by atoms with E-state index in [9.17, 15) is 0 Å². The molecule has 0 saturated carbocycles. The van der Waals surface area contributed by atoms with Gasteiger partial charge in [0.15, 0.2) is 0 Å². The normalized spacial score (nSPS) is 16.4. The zero-order valence-corrected chi connectivity index (χ0v) is 10.8. The molecular formula is C17H17N. The molecule has 0 N–H and O–H groups in total. The second-order valence-corrected chi connectivity index (χ2v) is 5.26. The van der Waals surface area contributed by atoms with Crippen LogP contribution in [0.3, 0.4) is 0 Å². The Morgan fingerprint density at radius 1 is 0.833 bits per heavy atom. The highest BCUT2D eigenvalue weighted by molar-refractivity contribution is 5.72. The zero-order chi connectivity index (χ0) is 12.6. The average molecular weight is 235 g/mol. The number of hydrogen-bond acceptors (Lipinski definition) is 1. The van der Waals surface area contributed by atoms with E-state index in [0.717, 1.165) is 0 Å². The second-order valence-electron chi connectivity index (χ2n) is 5.26. The number of para-hydroxylation sites is 2. The molecule has 0 bridgehead atoms. The van der Waals surface area contributed by atoms with Gasteiger partial charge in [-0.25, -0.2) is 0 Å². The van der Waals surface area contributed by atoms with Crippen molar-refractivity contribution >= 4 is 11.4 Å². The molecule has 0 spiro atoms. The third-order valence-corrected chi connectivity index (χ3v) is 3.53. The van der Waals surface area contributed by atoms with E-state index in [1.807, 2.05) is 6.07 Å². The summed E-state index contributed by atoms with van der Waals surface area (Å²) in [5.41, 5.74) is 3.95. The average Bonchev–Trinajstić information content (AvgIpc) is 2.40. The van der Waals surface area contributed by atoms with Gasteiger partial charge in [0.25, 0.3) is 0 Å². The molecule has 0 amide bonds. The monoisotopic (exact) mass is 235 g/mol. The first-order valence-electron chi connectivity index (χ1n) is 6.32. The van der Waals surface area contributed by atoms with Gasteiger partial charge in [-0.05, 0) is 23.8 Å². The topological polar surface area (TPSA) is 3.24 Å². The van der Waals surface area contributed by atoms with Crippen molar-refractivity contribution in [1.82, 2.24) is 0 Å². The van der Waals surface area contributed by atoms with Gasteiger partial charge in [0.05, 0.1) is 0 Å². The van der Waals surface area contributed by atoms with E-state index in [-0.39, 0.29) is 5.41 Å². The highest BCUT2D eigenvalue weighted by Crippen LogP contribution is 2.40. The molecule has 2 aromatic rings. The minimum absolute atomic E-state index is 0.0991. The van der Waals surface area contributed by atoms with E-state index < -0.39 is 0 Å². The lowest BCUT2D eigenvalue weighted by Crippen LogP contribution is -2.25. The van der Waals surface area contributed by atoms with Crippen LogP contribution in [0.1, 0.15) is 19.4 Å². The lowest BCUT2D eigenvalue weighted by atomic mass is 9.81. The van der Waals surface area contributed by atoms with Crippen molar-refractivity contribution in [3.63, 3.8) is 0 Å². The molecule has 1 heteroatoms. The Morgan fingerprint density at radius 2 is 1.50 bits per heavy atom. The summed E-state index contributed by atoms with van der Waals surface area (Å²) in [6.45, 7) is 4.51. The number of anilines is 2. The molecule has 1 nitrogen and oxygen atoms in total. The summed E-state index contributed by atoms with van der Waals surface area (Å²) < 4.78 is 0. The predicted octanol–water partition coefficient (Wildman–Crippen LogP) is 4.63. The maximum absolute atomic E-state index is 2.27. The SMILES string of the molecule is CC1(C)C=CN(c2ccccc2)c2ccccc21. The van der Waals surface area contributed by atoms with Crippen LogP contribution in [0.25, 0.3) is 0 Å². The molecule has 1 aliphatic heterocycles. The summed E-state index contributed by atoms with van der Waals surface area (Å²) in [7, 11) is 0. The van der Waals surface area contributed by atoms with Gasteiger partial charge >= 0.3 is 0 Å². The van der Waals surface area contributed by atoms with Gasteiger partial charge in [0, 0.05) is 23.0 Å². The van der Waals surface area contributed by atoms with Crippen molar-refractivity contribution < 1.29 is 0 Å². The van der Waals surface area contributed by atoms with Crippen molar-refractivity contribution in [2.24, 2.45) is 0 Å². The van der Waals surface area contributed by atoms with Crippen molar-refractivity contribution in [1.29, 1.82) is 0 Å². The van der Waals surface area contributed by atoms with Gasteiger partial charge in [0.2, 0.25) is 0 Å². The van der Waals surface area contributed by atoms with Crippen molar-refractivity contribution in [3.8, 4) is 0 Å². The maximum atomic E-state index is 2.27. The number of hydrogen-bond donors (Lipinski definition) is 0. The zero-order valence-electron chi connectivity index (χ0n) is 10.8. The number of benzene rings is 2. The fourth-order valence-electron chi connectivity index (χ4n) is 2.47. The van der Waals surface area contributed by atoms with Crippen LogP contribution in [0.4, 0.5) is 11.4 Å². The van der Waals surface area contributed by atoms with E-state index in [2.05, 4.69) is 79.6 Å². The smallest absolute Gasteiger partial charge is 0.0495 e. The Bertz CT molecular complexity index is 582. The first-order chi connectivity index (χ1) is 8.68. The standard InChI is InChI=1S/C17H17N/c1-17(2)12-13-18(14-8-4-3-5-9-14)16-11-7-6-10-15(16)17/h3-13H,1-2H3. The van der Waals surface area contributed by atoms with Gasteiger partial charge in [-0.2, -0.15) is 0 Å². The molecule has 1 heterocycles. The molecule has 18 heavy (non-hydrogen) atoms. The molecule has 0 aromatic heterocycles. The minimum Gasteiger partial charge on any atom is -0.317 e. The summed E-state index contributed by atoms with van der Waals surface area (Å²) in [6.07, 6.45) is 4.44. The fourth-order valence-corrected chi connectivity index (χ4v) is 2.47. The largest absolute Gasteiger partial charge is 0.317 e. The van der Waals surface area contributed by atoms with Crippen molar-refractivity contribution in [2.45, 2.75) is 19.3 Å². The Hall–Kier alpha value is -2.02. The lowest BCUT2D eigenvalue weighted by Gasteiger charge is -2.34. The fraction of sp³-hybridized carbons (Fsp3) is 0.176. The Labute approximate surface area is 108 Å². The number of nitrogens with zero attached hydrogens (tertiary/aromatic N) is 1. The number of fused-ring (bicyclic) bond motifs is 1. The van der Waals surface area contributed by atoms with Crippen molar-refractivity contribution in [2.75, 3.05) is 4.90 Å². The quantitative estimate of drug-likeness (QED) is 0.696. The predicted molar refractivity (Wildman–Crippen MR) is 77.2 cm³/mol. The first-order valence-corrected chi connectivity index (χ1v) is 6.32. The Kier molecular flexibility index (Phi) is 2.48. The summed E-state index contributed by atoms with van der Waals surface area (Å²) >= 11 is 0. The highest BCUT2D eigenvalue weighted by Gasteiger charge is 2.26. The number of allylic oxidation sites excluding steroid dienone is 1. The summed E-state index contributed by atoms with van der Waals surface area (Å²) in [5.74, 6) is 0. The Balaban J connectivity index is 2.15. The van der Waals surface area contributed by atoms with E-state index in [1.165, 1.54) is 16.9 Å². The lowest BCUT2D eigenvalue weighted by molar-refractivity contribution is 0.659. The van der Waals surface area contributed by atoms with E-state index in [4.69, 9.17) is 0 Å². The molecule has 2 aromatic carbocycles. The summed E-state index contributed by atoms with van der Waals surface area (Å²) in [4.78, 5) is 2.25. The summed E-state index contributed by atoms with van der Waals surface area (Å²) in [6, 6.07) is 19.1. The van der Waals surface area contributed by atoms with Crippen LogP contribution in [0.15, 0.2) is 66.9 Å². The van der Waals surface area contributed by atoms with Gasteiger partial charge in [0.1, 0.15) is 0 Å². The van der Waals surface area contributed by atoms with Gasteiger partial charge in [-0.15, -0.1) is 0 Å². The van der Waals surface area contributed by atoms with Crippen LogP contribution in [0, 0.1) is 0 Å². The van der Waals surface area contributed by atoms with Crippen molar-refractivity contribution in [3.05, 3.63) is 72.4 Å². The molecule has 0 unspecified atom stereocenters. The maximum Gasteiger partial charge on any atom is 0.0495 e. The molecule has 0 aliphatic carbocycles. The van der Waals surface area contributed by atoms with Gasteiger partial charge < -0.3 is 4.90 Å². The third kappa shape index (κ3) is 1.72. The van der Waals surface area contributed by atoms with E-state index >= 15 is 0 Å². The highest BCUT2D eigenvalue weighted by atomic mass is 15.1. The van der Waals surface area contributed by atoms with E-state index in [1.54, 1.807) is 0 Å².